The lowest BCUT2D eigenvalue weighted by Crippen LogP contribution is -1.92. The Hall–Kier alpha value is -2.62. The predicted octanol–water partition coefficient (Wildman–Crippen LogP) is 3.22. The Bertz CT molecular complexity index is 717. The Morgan fingerprint density at radius 1 is 1.05 bits per heavy atom. The monoisotopic (exact) mass is 265 g/mol. The fourth-order valence-corrected chi connectivity index (χ4v) is 2.02. The lowest BCUT2D eigenvalue weighted by atomic mass is 10.1. The van der Waals surface area contributed by atoms with Gasteiger partial charge in [-0.2, -0.15) is 4.98 Å². The molecule has 20 heavy (non-hydrogen) atoms. The molecule has 3 aromatic rings. The Kier molecular flexibility index (Phi) is 3.21. The van der Waals surface area contributed by atoms with Crippen molar-refractivity contribution in [3.63, 3.8) is 0 Å². The molecule has 1 heterocycles. The summed E-state index contributed by atoms with van der Waals surface area (Å²) in [6.07, 6.45) is 0.649. The highest BCUT2D eigenvalue weighted by molar-refractivity contribution is 5.69. The van der Waals surface area contributed by atoms with E-state index in [4.69, 9.17) is 10.3 Å². The maximum absolute atomic E-state index is 5.90. The Morgan fingerprint density at radius 3 is 2.55 bits per heavy atom. The van der Waals surface area contributed by atoms with E-state index in [1.165, 1.54) is 5.56 Å². The van der Waals surface area contributed by atoms with Crippen LogP contribution >= 0.6 is 0 Å². The topological polar surface area (TPSA) is 64.9 Å². The molecule has 2 aromatic carbocycles. The van der Waals surface area contributed by atoms with Crippen molar-refractivity contribution >= 4 is 5.69 Å². The minimum atomic E-state index is 0.463. The summed E-state index contributed by atoms with van der Waals surface area (Å²) < 4.78 is 5.29. The number of nitrogens with zero attached hydrogens (tertiary/aromatic N) is 2. The zero-order valence-corrected chi connectivity index (χ0v) is 11.2. The normalized spacial score (nSPS) is 10.7. The highest BCUT2D eigenvalue weighted by Crippen LogP contribution is 2.23. The van der Waals surface area contributed by atoms with Crippen LogP contribution in [0.2, 0.25) is 0 Å². The number of hydrogen-bond acceptors (Lipinski definition) is 4. The Labute approximate surface area is 117 Å². The first kappa shape index (κ1) is 12.4. The molecule has 0 atom stereocenters. The minimum Gasteiger partial charge on any atom is -0.398 e. The molecule has 0 radical (unpaired) electrons. The standard InChI is InChI=1S/C16H15N3O/c1-11-6-8-12(9-7-11)10-15-18-16(20-19-15)13-4-2-3-5-14(13)17/h2-9H,10,17H2,1H3. The molecule has 0 saturated heterocycles. The number of nitrogen functional groups attached to an aromatic ring is 1. The fraction of sp³-hybridized carbons (Fsp3) is 0.125. The minimum absolute atomic E-state index is 0.463. The van der Waals surface area contributed by atoms with Gasteiger partial charge in [-0.3, -0.25) is 0 Å². The van der Waals surface area contributed by atoms with Crippen LogP contribution in [0.25, 0.3) is 11.5 Å². The second kappa shape index (κ2) is 5.17. The van der Waals surface area contributed by atoms with E-state index in [1.54, 1.807) is 0 Å². The molecule has 0 spiro atoms. The number of aryl methyl sites for hydroxylation is 1. The first-order valence-electron chi connectivity index (χ1n) is 6.45. The van der Waals surface area contributed by atoms with Gasteiger partial charge in [-0.25, -0.2) is 0 Å². The van der Waals surface area contributed by atoms with Gasteiger partial charge in [0.25, 0.3) is 5.89 Å². The van der Waals surface area contributed by atoms with E-state index >= 15 is 0 Å². The molecule has 4 heteroatoms. The summed E-state index contributed by atoms with van der Waals surface area (Å²) in [5.41, 5.74) is 9.71. The van der Waals surface area contributed by atoms with Gasteiger partial charge in [0, 0.05) is 12.1 Å². The summed E-state index contributed by atoms with van der Waals surface area (Å²) in [6, 6.07) is 15.8. The number of para-hydroxylation sites is 1. The van der Waals surface area contributed by atoms with Gasteiger partial charge in [0.1, 0.15) is 0 Å². The van der Waals surface area contributed by atoms with Gasteiger partial charge in [-0.1, -0.05) is 47.1 Å². The van der Waals surface area contributed by atoms with E-state index in [9.17, 15) is 0 Å². The maximum Gasteiger partial charge on any atom is 0.260 e. The van der Waals surface area contributed by atoms with Gasteiger partial charge in [0.2, 0.25) is 0 Å². The third-order valence-corrected chi connectivity index (χ3v) is 3.14. The molecule has 2 N–H and O–H groups in total. The third-order valence-electron chi connectivity index (χ3n) is 3.14. The molecule has 0 aliphatic heterocycles. The predicted molar refractivity (Wildman–Crippen MR) is 78.1 cm³/mol. The highest BCUT2D eigenvalue weighted by atomic mass is 16.5. The van der Waals surface area contributed by atoms with E-state index in [2.05, 4.69) is 41.3 Å². The zero-order chi connectivity index (χ0) is 13.9. The van der Waals surface area contributed by atoms with Gasteiger partial charge in [0.15, 0.2) is 5.82 Å². The smallest absolute Gasteiger partial charge is 0.260 e. The molecule has 1 aromatic heterocycles. The van der Waals surface area contributed by atoms with Gasteiger partial charge in [0.05, 0.1) is 5.56 Å². The van der Waals surface area contributed by atoms with Crippen molar-refractivity contribution in [1.82, 2.24) is 10.1 Å². The van der Waals surface area contributed by atoms with E-state index in [0.717, 1.165) is 11.1 Å². The summed E-state index contributed by atoms with van der Waals surface area (Å²) in [6.45, 7) is 2.06. The van der Waals surface area contributed by atoms with Crippen molar-refractivity contribution in [3.05, 3.63) is 65.5 Å². The number of hydrogen-bond donors (Lipinski definition) is 1. The molecule has 0 unspecified atom stereocenters. The molecule has 100 valence electrons. The molecule has 0 saturated carbocycles. The summed E-state index contributed by atoms with van der Waals surface area (Å²) >= 11 is 0. The zero-order valence-electron chi connectivity index (χ0n) is 11.2. The van der Waals surface area contributed by atoms with E-state index in [1.807, 2.05) is 24.3 Å². The SMILES string of the molecule is Cc1ccc(Cc2noc(-c3ccccc3N)n2)cc1. The van der Waals surface area contributed by atoms with Crippen LogP contribution in [0.5, 0.6) is 0 Å². The van der Waals surface area contributed by atoms with Gasteiger partial charge < -0.3 is 10.3 Å². The number of rotatable bonds is 3. The molecule has 4 nitrogen and oxygen atoms in total. The van der Waals surface area contributed by atoms with Crippen LogP contribution in [-0.4, -0.2) is 10.1 Å². The van der Waals surface area contributed by atoms with E-state index in [0.29, 0.717) is 23.8 Å². The van der Waals surface area contributed by atoms with Crippen LogP contribution in [0.4, 0.5) is 5.69 Å². The lowest BCUT2D eigenvalue weighted by Gasteiger charge is -1.98. The second-order valence-corrected chi connectivity index (χ2v) is 4.77. The molecule has 0 aliphatic rings. The van der Waals surface area contributed by atoms with Gasteiger partial charge >= 0.3 is 0 Å². The van der Waals surface area contributed by atoms with Crippen LogP contribution in [0.1, 0.15) is 17.0 Å². The molecule has 0 aliphatic carbocycles. The average molecular weight is 265 g/mol. The van der Waals surface area contributed by atoms with Crippen molar-refractivity contribution in [2.24, 2.45) is 0 Å². The summed E-state index contributed by atoms with van der Waals surface area (Å²) in [5.74, 6) is 1.12. The van der Waals surface area contributed by atoms with Crippen LogP contribution in [0, 0.1) is 6.92 Å². The second-order valence-electron chi connectivity index (χ2n) is 4.77. The van der Waals surface area contributed by atoms with Crippen molar-refractivity contribution in [2.45, 2.75) is 13.3 Å². The molecular formula is C16H15N3O. The molecule has 0 amide bonds. The first-order valence-corrected chi connectivity index (χ1v) is 6.45. The van der Waals surface area contributed by atoms with Crippen LogP contribution in [-0.2, 0) is 6.42 Å². The highest BCUT2D eigenvalue weighted by Gasteiger charge is 2.11. The molecule has 3 rings (SSSR count). The Balaban J connectivity index is 1.84. The van der Waals surface area contributed by atoms with Crippen molar-refractivity contribution in [1.29, 1.82) is 0 Å². The molecule has 0 bridgehead atoms. The molecular weight excluding hydrogens is 250 g/mol. The third kappa shape index (κ3) is 2.54. The first-order chi connectivity index (χ1) is 9.72. The number of aromatic nitrogens is 2. The van der Waals surface area contributed by atoms with E-state index < -0.39 is 0 Å². The molecule has 0 fully saturated rings. The number of benzene rings is 2. The van der Waals surface area contributed by atoms with Crippen LogP contribution in [0.3, 0.4) is 0 Å². The summed E-state index contributed by atoms with van der Waals surface area (Å²) in [4.78, 5) is 4.40. The largest absolute Gasteiger partial charge is 0.398 e. The average Bonchev–Trinajstić information content (AvgIpc) is 2.90. The quantitative estimate of drug-likeness (QED) is 0.738. The number of nitrogens with two attached hydrogens (primary N) is 1. The van der Waals surface area contributed by atoms with Gasteiger partial charge in [-0.05, 0) is 24.6 Å². The Morgan fingerprint density at radius 2 is 1.80 bits per heavy atom. The summed E-state index contributed by atoms with van der Waals surface area (Å²) in [7, 11) is 0. The van der Waals surface area contributed by atoms with Gasteiger partial charge in [-0.15, -0.1) is 0 Å². The van der Waals surface area contributed by atoms with Crippen molar-refractivity contribution in [3.8, 4) is 11.5 Å². The number of anilines is 1. The van der Waals surface area contributed by atoms with Crippen molar-refractivity contribution in [2.75, 3.05) is 5.73 Å². The van der Waals surface area contributed by atoms with Crippen molar-refractivity contribution < 1.29 is 4.52 Å². The maximum atomic E-state index is 5.90. The summed E-state index contributed by atoms with van der Waals surface area (Å²) in [5, 5.41) is 4.01. The lowest BCUT2D eigenvalue weighted by molar-refractivity contribution is 0.424. The van der Waals surface area contributed by atoms with Crippen LogP contribution in [0.15, 0.2) is 53.1 Å². The van der Waals surface area contributed by atoms with Crippen LogP contribution < -0.4 is 5.73 Å². The van der Waals surface area contributed by atoms with E-state index in [-0.39, 0.29) is 0 Å². The fourth-order valence-electron chi connectivity index (χ4n) is 2.02.